The van der Waals surface area contributed by atoms with Gasteiger partial charge in [0.1, 0.15) is 5.78 Å². The number of allylic oxidation sites excluding steroid dienone is 3. The minimum Gasteiger partial charge on any atom is -0.481 e. The third-order valence-corrected chi connectivity index (χ3v) is 5.46. The maximum atomic E-state index is 12.4. The summed E-state index contributed by atoms with van der Waals surface area (Å²) in [6, 6.07) is 2.26. The molecule has 0 saturated heterocycles. The predicted molar refractivity (Wildman–Crippen MR) is 109 cm³/mol. The van der Waals surface area contributed by atoms with Gasteiger partial charge in [-0.05, 0) is 39.0 Å². The second-order valence-electron chi connectivity index (χ2n) is 8.11. The van der Waals surface area contributed by atoms with E-state index in [0.29, 0.717) is 19.3 Å². The van der Waals surface area contributed by atoms with E-state index in [1.54, 1.807) is 13.0 Å². The Morgan fingerprint density at radius 2 is 2.04 bits per heavy atom. The highest BCUT2D eigenvalue weighted by Gasteiger charge is 2.40. The van der Waals surface area contributed by atoms with Crippen LogP contribution in [0.4, 0.5) is 0 Å². The number of hydrogen-bond donors (Lipinski definition) is 2. The highest BCUT2D eigenvalue weighted by Crippen LogP contribution is 2.38. The fraction of sp³-hybridized carbons (Fsp3) is 0.696. The molecule has 1 rings (SSSR count). The van der Waals surface area contributed by atoms with Crippen LogP contribution in [0, 0.1) is 29.1 Å². The van der Waals surface area contributed by atoms with Crippen molar-refractivity contribution in [2.45, 2.75) is 83.7 Å². The number of aliphatic hydroxyl groups is 1. The normalized spacial score (nSPS) is 24.6. The standard InChI is InChI=1S/C23H35NO4/c1-3-4-10-14-23(2,28)15-13-19-18(17-24)16-21(25)20(19)11-8-6-5-7-9-12-22(26)27/h6,8,13,15,18-20,28H,3-5,7,9-12,14,16H2,1-2H3,(H,26,27). The van der Waals surface area contributed by atoms with E-state index in [-0.39, 0.29) is 36.4 Å². The van der Waals surface area contributed by atoms with E-state index in [4.69, 9.17) is 5.11 Å². The minimum absolute atomic E-state index is 0.113. The summed E-state index contributed by atoms with van der Waals surface area (Å²) in [5, 5.41) is 28.6. The Balaban J connectivity index is 2.62. The summed E-state index contributed by atoms with van der Waals surface area (Å²) in [5.41, 5.74) is -0.911. The second-order valence-corrected chi connectivity index (χ2v) is 8.11. The van der Waals surface area contributed by atoms with E-state index in [0.717, 1.165) is 32.1 Å². The van der Waals surface area contributed by atoms with E-state index in [1.165, 1.54) is 0 Å². The molecule has 1 aliphatic carbocycles. The van der Waals surface area contributed by atoms with Crippen LogP contribution in [-0.4, -0.2) is 27.6 Å². The predicted octanol–water partition coefficient (Wildman–Crippen LogP) is 4.81. The summed E-state index contributed by atoms with van der Waals surface area (Å²) in [6.45, 7) is 3.90. The van der Waals surface area contributed by atoms with Crippen molar-refractivity contribution in [1.82, 2.24) is 0 Å². The molecule has 0 aromatic carbocycles. The van der Waals surface area contributed by atoms with Gasteiger partial charge in [0.25, 0.3) is 0 Å². The number of nitriles is 1. The van der Waals surface area contributed by atoms with E-state index in [1.807, 2.05) is 18.2 Å². The molecule has 0 radical (unpaired) electrons. The van der Waals surface area contributed by atoms with Gasteiger partial charge in [0.2, 0.25) is 0 Å². The van der Waals surface area contributed by atoms with Gasteiger partial charge in [0.15, 0.2) is 0 Å². The number of rotatable bonds is 13. The van der Waals surface area contributed by atoms with Crippen molar-refractivity contribution in [2.24, 2.45) is 17.8 Å². The number of carbonyl (C=O) groups is 2. The van der Waals surface area contributed by atoms with E-state index < -0.39 is 11.6 Å². The average molecular weight is 390 g/mol. The number of carboxylic acids is 1. The number of unbranched alkanes of at least 4 members (excludes halogenated alkanes) is 4. The molecule has 0 amide bonds. The van der Waals surface area contributed by atoms with Crippen LogP contribution >= 0.6 is 0 Å². The quantitative estimate of drug-likeness (QED) is 0.348. The molecule has 0 bridgehead atoms. The summed E-state index contributed by atoms with van der Waals surface area (Å²) in [6.07, 6.45) is 14.7. The molecule has 1 saturated carbocycles. The molecule has 0 aliphatic heterocycles. The fourth-order valence-electron chi connectivity index (χ4n) is 3.72. The van der Waals surface area contributed by atoms with E-state index in [9.17, 15) is 20.0 Å². The van der Waals surface area contributed by atoms with E-state index >= 15 is 0 Å². The van der Waals surface area contributed by atoms with Crippen LogP contribution in [0.25, 0.3) is 0 Å². The molecule has 28 heavy (non-hydrogen) atoms. The smallest absolute Gasteiger partial charge is 0.303 e. The molecule has 1 aliphatic rings. The highest BCUT2D eigenvalue weighted by molar-refractivity contribution is 5.85. The third kappa shape index (κ3) is 8.84. The maximum absolute atomic E-state index is 12.4. The Bertz CT molecular complexity index is 600. The lowest BCUT2D eigenvalue weighted by Crippen LogP contribution is -2.22. The molecule has 1 fully saturated rings. The number of Topliss-reactive ketones (excluding diaryl/α,β-unsaturated/α-hetero) is 1. The number of carboxylic acid groups (broad SMARTS) is 1. The summed E-state index contributed by atoms with van der Waals surface area (Å²) in [4.78, 5) is 22.9. The van der Waals surface area contributed by atoms with Gasteiger partial charge in [-0.25, -0.2) is 0 Å². The molecule has 0 spiro atoms. The van der Waals surface area contributed by atoms with E-state index in [2.05, 4.69) is 13.0 Å². The third-order valence-electron chi connectivity index (χ3n) is 5.46. The van der Waals surface area contributed by atoms with Crippen molar-refractivity contribution >= 4 is 11.8 Å². The first-order valence-electron chi connectivity index (χ1n) is 10.5. The van der Waals surface area contributed by atoms with Gasteiger partial charge in [-0.1, -0.05) is 50.5 Å². The Hall–Kier alpha value is -1.93. The highest BCUT2D eigenvalue weighted by atomic mass is 16.4. The molecule has 5 heteroatoms. The molecule has 0 aromatic heterocycles. The largest absolute Gasteiger partial charge is 0.481 e. The first-order valence-corrected chi connectivity index (χ1v) is 10.5. The summed E-state index contributed by atoms with van der Waals surface area (Å²) >= 11 is 0. The number of ketones is 1. The molecule has 4 unspecified atom stereocenters. The molecule has 5 nitrogen and oxygen atoms in total. The lowest BCUT2D eigenvalue weighted by molar-refractivity contribution is -0.137. The van der Waals surface area contributed by atoms with Gasteiger partial charge in [-0.3, -0.25) is 9.59 Å². The number of carbonyl (C=O) groups excluding carboxylic acids is 1. The zero-order valence-corrected chi connectivity index (χ0v) is 17.3. The van der Waals surface area contributed by atoms with Crippen LogP contribution < -0.4 is 0 Å². The molecule has 0 heterocycles. The van der Waals surface area contributed by atoms with Crippen molar-refractivity contribution in [3.63, 3.8) is 0 Å². The monoisotopic (exact) mass is 389 g/mol. The molecular formula is C23H35NO4. The van der Waals surface area contributed by atoms with Gasteiger partial charge in [-0.15, -0.1) is 0 Å². The van der Waals surface area contributed by atoms with Crippen molar-refractivity contribution in [1.29, 1.82) is 5.26 Å². The Morgan fingerprint density at radius 3 is 2.68 bits per heavy atom. The Kier molecular flexibility index (Phi) is 10.8. The van der Waals surface area contributed by atoms with Crippen LogP contribution in [0.5, 0.6) is 0 Å². The SMILES string of the molecule is CCCCCC(C)(O)C=CC1C(C#N)CC(=O)C1CC=CCCCCC(=O)O. The van der Waals surface area contributed by atoms with Crippen molar-refractivity contribution in [3.8, 4) is 6.07 Å². The summed E-state index contributed by atoms with van der Waals surface area (Å²) in [5.74, 6) is -1.37. The van der Waals surface area contributed by atoms with Crippen molar-refractivity contribution in [3.05, 3.63) is 24.3 Å². The van der Waals surface area contributed by atoms with Crippen LogP contribution in [0.2, 0.25) is 0 Å². The zero-order valence-electron chi connectivity index (χ0n) is 17.3. The minimum atomic E-state index is -0.911. The molecule has 0 aromatic rings. The van der Waals surface area contributed by atoms with Crippen LogP contribution in [0.3, 0.4) is 0 Å². The second kappa shape index (κ2) is 12.5. The van der Waals surface area contributed by atoms with Gasteiger partial charge in [-0.2, -0.15) is 5.26 Å². The topological polar surface area (TPSA) is 98.4 Å². The van der Waals surface area contributed by atoms with Gasteiger partial charge in [0.05, 0.1) is 17.6 Å². The number of aliphatic carboxylic acids is 1. The van der Waals surface area contributed by atoms with Crippen LogP contribution in [0.15, 0.2) is 24.3 Å². The lowest BCUT2D eigenvalue weighted by Gasteiger charge is -2.21. The Morgan fingerprint density at radius 1 is 1.29 bits per heavy atom. The molecule has 2 N–H and O–H groups in total. The molecule has 4 atom stereocenters. The Labute approximate surface area is 169 Å². The summed E-state index contributed by atoms with van der Waals surface area (Å²) < 4.78 is 0. The van der Waals surface area contributed by atoms with Crippen LogP contribution in [0.1, 0.15) is 78.1 Å². The molecule has 156 valence electrons. The number of hydrogen-bond acceptors (Lipinski definition) is 4. The fourth-order valence-corrected chi connectivity index (χ4v) is 3.72. The van der Waals surface area contributed by atoms with Gasteiger partial charge < -0.3 is 10.2 Å². The van der Waals surface area contributed by atoms with Gasteiger partial charge >= 0.3 is 5.97 Å². The average Bonchev–Trinajstić information content (AvgIpc) is 2.94. The lowest BCUT2D eigenvalue weighted by atomic mass is 9.85. The molecular weight excluding hydrogens is 354 g/mol. The first kappa shape index (κ1) is 24.1. The van der Waals surface area contributed by atoms with Crippen molar-refractivity contribution < 1.29 is 19.8 Å². The summed E-state index contributed by atoms with van der Waals surface area (Å²) in [7, 11) is 0. The van der Waals surface area contributed by atoms with Crippen molar-refractivity contribution in [2.75, 3.05) is 0 Å². The zero-order chi connectivity index (χ0) is 21.0. The number of nitrogens with zero attached hydrogens (tertiary/aromatic N) is 1. The maximum Gasteiger partial charge on any atom is 0.303 e. The first-order chi connectivity index (χ1) is 13.3. The van der Waals surface area contributed by atoms with Gasteiger partial charge in [0, 0.05) is 24.7 Å². The van der Waals surface area contributed by atoms with Crippen LogP contribution in [-0.2, 0) is 9.59 Å².